The van der Waals surface area contributed by atoms with Gasteiger partial charge in [-0.05, 0) is 26.4 Å². The Bertz CT molecular complexity index is 515. The number of hydrogen-bond donors (Lipinski definition) is 2. The molecule has 1 fully saturated rings. The monoisotopic (exact) mass is 312 g/mol. The summed E-state index contributed by atoms with van der Waals surface area (Å²) in [6.45, 7) is 1.98. The van der Waals surface area contributed by atoms with E-state index in [2.05, 4.69) is 17.3 Å². The maximum Gasteiger partial charge on any atom is 0.265 e. The number of methoxy groups -OCH3 is 1. The number of likely N-dealkylation sites (tertiary alicyclic amines) is 1. The number of rotatable bonds is 5. The first-order valence-electron chi connectivity index (χ1n) is 7.07. The van der Waals surface area contributed by atoms with Gasteiger partial charge in [-0.1, -0.05) is 0 Å². The summed E-state index contributed by atoms with van der Waals surface area (Å²) in [7, 11) is 7.15. The van der Waals surface area contributed by atoms with Crippen LogP contribution in [0.15, 0.2) is 0 Å². The van der Waals surface area contributed by atoms with Crippen LogP contribution in [0.1, 0.15) is 22.5 Å². The van der Waals surface area contributed by atoms with Gasteiger partial charge in [0.15, 0.2) is 5.75 Å². The molecule has 21 heavy (non-hydrogen) atoms. The van der Waals surface area contributed by atoms with Crippen LogP contribution in [-0.2, 0) is 0 Å². The predicted molar refractivity (Wildman–Crippen MR) is 87.4 cm³/mol. The molecular formula is C14H24N4O2S. The Morgan fingerprint density at radius 2 is 2.29 bits per heavy atom. The van der Waals surface area contributed by atoms with Crippen molar-refractivity contribution in [2.45, 2.75) is 18.9 Å². The molecule has 1 unspecified atom stereocenters. The number of likely N-dealkylation sites (N-methyl/N-ethyl adjacent to an activating group) is 1. The van der Waals surface area contributed by atoms with Crippen LogP contribution >= 0.6 is 11.3 Å². The highest BCUT2D eigenvalue weighted by Crippen LogP contribution is 2.42. The zero-order valence-corrected chi connectivity index (χ0v) is 13.9. The number of nitrogens with two attached hydrogens (primary N) is 1. The van der Waals surface area contributed by atoms with Crippen LogP contribution in [-0.4, -0.2) is 63.1 Å². The van der Waals surface area contributed by atoms with Gasteiger partial charge in [0.1, 0.15) is 15.6 Å². The molecule has 118 valence electrons. The van der Waals surface area contributed by atoms with Crippen molar-refractivity contribution in [2.75, 3.05) is 52.4 Å². The maximum absolute atomic E-state index is 12.1. The Hall–Kier alpha value is -1.47. The summed E-state index contributed by atoms with van der Waals surface area (Å²) in [5.74, 6) is 0.479. The van der Waals surface area contributed by atoms with E-state index in [9.17, 15) is 4.79 Å². The Kier molecular flexibility index (Phi) is 4.95. The summed E-state index contributed by atoms with van der Waals surface area (Å²) in [5.41, 5.74) is 6.47. The van der Waals surface area contributed by atoms with Crippen LogP contribution in [0.2, 0.25) is 0 Å². The molecule has 3 N–H and O–H groups in total. The fourth-order valence-corrected chi connectivity index (χ4v) is 3.68. The minimum absolute atomic E-state index is 0.0955. The summed E-state index contributed by atoms with van der Waals surface area (Å²) in [4.78, 5) is 16.5. The highest BCUT2D eigenvalue weighted by atomic mass is 32.1. The molecule has 0 aliphatic carbocycles. The molecule has 1 aliphatic rings. The Morgan fingerprint density at radius 3 is 2.81 bits per heavy atom. The first kappa shape index (κ1) is 15.9. The Balaban J connectivity index is 2.15. The van der Waals surface area contributed by atoms with Gasteiger partial charge in [-0.25, -0.2) is 0 Å². The molecule has 0 radical (unpaired) electrons. The van der Waals surface area contributed by atoms with Gasteiger partial charge in [0.2, 0.25) is 0 Å². The number of carbonyl (C=O) groups excluding carboxylic acids is 1. The molecule has 1 aromatic heterocycles. The topological polar surface area (TPSA) is 70.8 Å². The molecule has 0 aromatic carbocycles. The summed E-state index contributed by atoms with van der Waals surface area (Å²) in [6, 6.07) is 0.519. The van der Waals surface area contributed by atoms with Gasteiger partial charge in [-0.3, -0.25) is 4.79 Å². The third kappa shape index (κ3) is 3.24. The van der Waals surface area contributed by atoms with E-state index < -0.39 is 0 Å². The van der Waals surface area contributed by atoms with Gasteiger partial charge in [-0.2, -0.15) is 0 Å². The number of nitrogen functional groups attached to an aromatic ring is 1. The Labute approximate surface area is 129 Å². The number of carbonyl (C=O) groups is 1. The molecule has 0 bridgehead atoms. The summed E-state index contributed by atoms with van der Waals surface area (Å²) in [5, 5.41) is 4.23. The molecule has 0 spiro atoms. The highest BCUT2D eigenvalue weighted by molar-refractivity contribution is 7.19. The van der Waals surface area contributed by atoms with Crippen molar-refractivity contribution in [3.05, 3.63) is 4.88 Å². The van der Waals surface area contributed by atoms with E-state index in [1.807, 2.05) is 0 Å². The van der Waals surface area contributed by atoms with Gasteiger partial charge in [-0.15, -0.1) is 11.3 Å². The first-order chi connectivity index (χ1) is 9.95. The molecular weight excluding hydrogens is 288 g/mol. The fraction of sp³-hybridized carbons (Fsp3) is 0.643. The Morgan fingerprint density at radius 1 is 1.57 bits per heavy atom. The smallest absolute Gasteiger partial charge is 0.265 e. The van der Waals surface area contributed by atoms with Crippen LogP contribution < -0.4 is 15.8 Å². The van der Waals surface area contributed by atoms with Crippen molar-refractivity contribution in [1.29, 1.82) is 0 Å². The molecule has 1 atom stereocenters. The van der Waals surface area contributed by atoms with Crippen molar-refractivity contribution in [3.8, 4) is 5.75 Å². The average molecular weight is 312 g/mol. The second kappa shape index (κ2) is 6.53. The second-order valence-electron chi connectivity index (χ2n) is 5.56. The van der Waals surface area contributed by atoms with Crippen molar-refractivity contribution in [2.24, 2.45) is 0 Å². The standard InChI is InChI=1S/C14H24N4O2S/c1-17(2)14(19)12-10(15)11(20-4)13(21-12)16-8-9-6-5-7-18(9)3/h9,16H,5-8,15H2,1-4H3. The number of thiophene rings is 1. The quantitative estimate of drug-likeness (QED) is 0.863. The molecule has 2 rings (SSSR count). The largest absolute Gasteiger partial charge is 0.492 e. The van der Waals surface area contributed by atoms with E-state index in [1.54, 1.807) is 21.2 Å². The molecule has 7 heteroatoms. The van der Waals surface area contributed by atoms with Crippen LogP contribution in [0.25, 0.3) is 0 Å². The van der Waals surface area contributed by atoms with Gasteiger partial charge < -0.3 is 25.6 Å². The third-order valence-electron chi connectivity index (χ3n) is 3.87. The molecule has 1 aromatic rings. The van der Waals surface area contributed by atoms with Crippen molar-refractivity contribution < 1.29 is 9.53 Å². The fourth-order valence-electron chi connectivity index (χ4n) is 2.56. The van der Waals surface area contributed by atoms with Crippen molar-refractivity contribution in [3.63, 3.8) is 0 Å². The van der Waals surface area contributed by atoms with Crippen LogP contribution in [0.5, 0.6) is 5.75 Å². The van der Waals surface area contributed by atoms with Crippen LogP contribution in [0.3, 0.4) is 0 Å². The van der Waals surface area contributed by atoms with Gasteiger partial charge in [0.05, 0.1) is 7.11 Å². The summed E-state index contributed by atoms with van der Waals surface area (Å²) < 4.78 is 5.37. The molecule has 1 amide bonds. The minimum atomic E-state index is -0.0955. The van der Waals surface area contributed by atoms with Gasteiger partial charge in [0, 0.05) is 26.7 Å². The number of ether oxygens (including phenoxy) is 1. The SMILES string of the molecule is COc1c(NCC2CCCN2C)sc(C(=O)N(C)C)c1N. The lowest BCUT2D eigenvalue weighted by Gasteiger charge is -2.20. The number of hydrogen-bond acceptors (Lipinski definition) is 6. The van der Waals surface area contributed by atoms with Gasteiger partial charge in [0.25, 0.3) is 5.91 Å². The lowest BCUT2D eigenvalue weighted by Crippen LogP contribution is -2.31. The van der Waals surface area contributed by atoms with E-state index in [-0.39, 0.29) is 5.91 Å². The van der Waals surface area contributed by atoms with Crippen molar-refractivity contribution >= 4 is 27.9 Å². The van der Waals surface area contributed by atoms with E-state index in [0.717, 1.165) is 18.1 Å². The lowest BCUT2D eigenvalue weighted by molar-refractivity contribution is 0.0833. The first-order valence-corrected chi connectivity index (χ1v) is 7.89. The zero-order chi connectivity index (χ0) is 15.6. The molecule has 2 heterocycles. The van der Waals surface area contributed by atoms with Gasteiger partial charge >= 0.3 is 0 Å². The maximum atomic E-state index is 12.1. The number of nitrogens with one attached hydrogen (secondary N) is 1. The van der Waals surface area contributed by atoms with E-state index in [4.69, 9.17) is 10.5 Å². The minimum Gasteiger partial charge on any atom is -0.492 e. The molecule has 6 nitrogen and oxygen atoms in total. The number of amides is 1. The highest BCUT2D eigenvalue weighted by Gasteiger charge is 2.25. The predicted octanol–water partition coefficient (Wildman–Crippen LogP) is 1.55. The average Bonchev–Trinajstić information content (AvgIpc) is 2.99. The second-order valence-corrected chi connectivity index (χ2v) is 6.58. The van der Waals surface area contributed by atoms with E-state index in [1.165, 1.54) is 29.1 Å². The number of anilines is 2. The van der Waals surface area contributed by atoms with E-state index >= 15 is 0 Å². The normalized spacial score (nSPS) is 18.8. The zero-order valence-electron chi connectivity index (χ0n) is 13.1. The van der Waals surface area contributed by atoms with Crippen LogP contribution in [0, 0.1) is 0 Å². The molecule has 1 aliphatic heterocycles. The third-order valence-corrected chi connectivity index (χ3v) is 5.01. The summed E-state index contributed by atoms with van der Waals surface area (Å²) >= 11 is 1.36. The van der Waals surface area contributed by atoms with Crippen molar-refractivity contribution in [1.82, 2.24) is 9.80 Å². The molecule has 0 saturated carbocycles. The summed E-state index contributed by atoms with van der Waals surface area (Å²) in [6.07, 6.45) is 2.42. The molecule has 1 saturated heterocycles. The van der Waals surface area contributed by atoms with Crippen LogP contribution in [0.4, 0.5) is 10.7 Å². The van der Waals surface area contributed by atoms with E-state index in [0.29, 0.717) is 22.4 Å². The number of nitrogens with zero attached hydrogens (tertiary/aromatic N) is 2. The lowest BCUT2D eigenvalue weighted by atomic mass is 10.2.